The van der Waals surface area contributed by atoms with E-state index in [9.17, 15) is 4.79 Å². The summed E-state index contributed by atoms with van der Waals surface area (Å²) >= 11 is 12.0. The summed E-state index contributed by atoms with van der Waals surface area (Å²) in [5, 5.41) is 4.00. The van der Waals surface area contributed by atoms with Crippen LogP contribution in [0.3, 0.4) is 0 Å². The van der Waals surface area contributed by atoms with Crippen LogP contribution in [0, 0.1) is 0 Å². The maximum Gasteiger partial charge on any atom is 0.236 e. The molecule has 0 aliphatic carbocycles. The summed E-state index contributed by atoms with van der Waals surface area (Å²) in [6, 6.07) is 13.4. The molecule has 1 amide bonds. The molecule has 0 aliphatic rings. The standard InChI is InChI=1S/C20H24Cl2N2O/c1-2-3-4-19(23)20(25)24-12-11-14-5-7-15(8-6-14)16-9-10-17(21)18(22)13-16/h5-10,13,19H,2-4,11-12,23H2,1H3,(H,24,25). The van der Waals surface area contributed by atoms with Gasteiger partial charge in [0, 0.05) is 6.54 Å². The molecule has 0 bridgehead atoms. The van der Waals surface area contributed by atoms with Gasteiger partial charge in [-0.05, 0) is 41.7 Å². The summed E-state index contributed by atoms with van der Waals surface area (Å²) in [4.78, 5) is 11.9. The maximum absolute atomic E-state index is 11.9. The lowest BCUT2D eigenvalue weighted by atomic mass is 10.0. The summed E-state index contributed by atoms with van der Waals surface area (Å²) in [6.07, 6.45) is 3.53. The van der Waals surface area contributed by atoms with E-state index in [-0.39, 0.29) is 5.91 Å². The number of amides is 1. The Balaban J connectivity index is 1.86. The fourth-order valence-electron chi connectivity index (χ4n) is 2.56. The topological polar surface area (TPSA) is 55.1 Å². The molecule has 0 spiro atoms. The monoisotopic (exact) mass is 378 g/mol. The van der Waals surface area contributed by atoms with E-state index >= 15 is 0 Å². The lowest BCUT2D eigenvalue weighted by Gasteiger charge is -2.12. The summed E-state index contributed by atoms with van der Waals surface area (Å²) in [6.45, 7) is 2.68. The highest BCUT2D eigenvalue weighted by molar-refractivity contribution is 6.42. The summed E-state index contributed by atoms with van der Waals surface area (Å²) in [7, 11) is 0. The van der Waals surface area contributed by atoms with E-state index in [1.807, 2.05) is 24.3 Å². The van der Waals surface area contributed by atoms with Gasteiger partial charge in [0.1, 0.15) is 0 Å². The second kappa shape index (κ2) is 9.81. The second-order valence-corrected chi connectivity index (χ2v) is 6.93. The van der Waals surface area contributed by atoms with Gasteiger partial charge in [0.05, 0.1) is 16.1 Å². The smallest absolute Gasteiger partial charge is 0.236 e. The Labute approximate surface area is 159 Å². The van der Waals surface area contributed by atoms with Crippen molar-refractivity contribution in [2.45, 2.75) is 38.6 Å². The number of unbranched alkanes of at least 4 members (excludes halogenated alkanes) is 1. The van der Waals surface area contributed by atoms with E-state index in [0.717, 1.165) is 42.4 Å². The fourth-order valence-corrected chi connectivity index (χ4v) is 2.85. The first kappa shape index (κ1) is 19.8. The van der Waals surface area contributed by atoms with Gasteiger partial charge in [-0.3, -0.25) is 4.79 Å². The quantitative estimate of drug-likeness (QED) is 0.690. The van der Waals surface area contributed by atoms with Crippen LogP contribution in [0.1, 0.15) is 31.7 Å². The molecule has 0 aliphatic heterocycles. The minimum absolute atomic E-state index is 0.0686. The van der Waals surface area contributed by atoms with Crippen molar-refractivity contribution in [3.63, 3.8) is 0 Å². The van der Waals surface area contributed by atoms with E-state index < -0.39 is 6.04 Å². The molecule has 2 aromatic carbocycles. The van der Waals surface area contributed by atoms with Crippen LogP contribution in [0.5, 0.6) is 0 Å². The van der Waals surface area contributed by atoms with Gasteiger partial charge in [0.15, 0.2) is 0 Å². The fraction of sp³-hybridized carbons (Fsp3) is 0.350. The maximum atomic E-state index is 11.9. The lowest BCUT2D eigenvalue weighted by Crippen LogP contribution is -2.41. The largest absolute Gasteiger partial charge is 0.354 e. The number of nitrogens with two attached hydrogens (primary N) is 1. The summed E-state index contributed by atoms with van der Waals surface area (Å²) < 4.78 is 0. The van der Waals surface area contributed by atoms with Gasteiger partial charge >= 0.3 is 0 Å². The zero-order valence-corrected chi connectivity index (χ0v) is 15.9. The number of benzene rings is 2. The highest BCUT2D eigenvalue weighted by Crippen LogP contribution is 2.28. The highest BCUT2D eigenvalue weighted by atomic mass is 35.5. The number of carbonyl (C=O) groups excluding carboxylic acids is 1. The van der Waals surface area contributed by atoms with Crippen molar-refractivity contribution in [2.75, 3.05) is 6.54 Å². The van der Waals surface area contributed by atoms with Crippen LogP contribution in [0.2, 0.25) is 10.0 Å². The Kier molecular flexibility index (Phi) is 7.76. The molecule has 25 heavy (non-hydrogen) atoms. The third-order valence-corrected chi connectivity index (χ3v) is 4.86. The van der Waals surface area contributed by atoms with Gasteiger partial charge in [0.2, 0.25) is 5.91 Å². The average molecular weight is 379 g/mol. The molecule has 134 valence electrons. The molecule has 2 rings (SSSR count). The molecular formula is C20H24Cl2N2O. The van der Waals surface area contributed by atoms with E-state index in [0.29, 0.717) is 16.6 Å². The number of carbonyl (C=O) groups is 1. The third kappa shape index (κ3) is 6.03. The number of halogens is 2. The highest BCUT2D eigenvalue weighted by Gasteiger charge is 2.11. The van der Waals surface area contributed by atoms with Gasteiger partial charge in [-0.2, -0.15) is 0 Å². The number of hydrogen-bond donors (Lipinski definition) is 2. The minimum atomic E-state index is -0.406. The van der Waals surface area contributed by atoms with Crippen LogP contribution in [0.4, 0.5) is 0 Å². The van der Waals surface area contributed by atoms with Crippen LogP contribution in [0.25, 0.3) is 11.1 Å². The Morgan fingerprint density at radius 3 is 2.40 bits per heavy atom. The third-order valence-electron chi connectivity index (χ3n) is 4.13. The van der Waals surface area contributed by atoms with Crippen LogP contribution >= 0.6 is 23.2 Å². The van der Waals surface area contributed by atoms with Crippen LogP contribution in [0.15, 0.2) is 42.5 Å². The normalized spacial score (nSPS) is 12.0. The molecule has 0 radical (unpaired) electrons. The molecule has 1 unspecified atom stereocenters. The average Bonchev–Trinajstić information content (AvgIpc) is 2.62. The van der Waals surface area contributed by atoms with Gasteiger partial charge in [-0.1, -0.05) is 73.3 Å². The minimum Gasteiger partial charge on any atom is -0.354 e. The number of hydrogen-bond acceptors (Lipinski definition) is 2. The Morgan fingerprint density at radius 2 is 1.76 bits per heavy atom. The van der Waals surface area contributed by atoms with Crippen LogP contribution < -0.4 is 11.1 Å². The predicted molar refractivity (Wildman–Crippen MR) is 106 cm³/mol. The number of rotatable bonds is 8. The van der Waals surface area contributed by atoms with Crippen LogP contribution in [-0.2, 0) is 11.2 Å². The zero-order chi connectivity index (χ0) is 18.2. The van der Waals surface area contributed by atoms with Gasteiger partial charge in [0.25, 0.3) is 0 Å². The summed E-state index contributed by atoms with van der Waals surface area (Å²) in [5.74, 6) is -0.0686. The van der Waals surface area contributed by atoms with Gasteiger partial charge in [-0.25, -0.2) is 0 Å². The molecule has 1 atom stereocenters. The zero-order valence-electron chi connectivity index (χ0n) is 14.4. The van der Waals surface area contributed by atoms with Crippen molar-refractivity contribution in [1.82, 2.24) is 5.32 Å². The molecule has 2 aromatic rings. The van der Waals surface area contributed by atoms with Crippen molar-refractivity contribution >= 4 is 29.1 Å². The Hall–Kier alpha value is -1.55. The Morgan fingerprint density at radius 1 is 1.08 bits per heavy atom. The van der Waals surface area contributed by atoms with Gasteiger partial charge < -0.3 is 11.1 Å². The first-order valence-electron chi connectivity index (χ1n) is 8.59. The predicted octanol–water partition coefficient (Wildman–Crippen LogP) is 4.84. The molecule has 0 saturated heterocycles. The molecule has 0 aromatic heterocycles. The van der Waals surface area contributed by atoms with Crippen molar-refractivity contribution in [1.29, 1.82) is 0 Å². The molecule has 0 fully saturated rings. The molecule has 0 heterocycles. The molecule has 5 heteroatoms. The van der Waals surface area contributed by atoms with E-state index in [1.54, 1.807) is 6.07 Å². The molecule has 0 saturated carbocycles. The van der Waals surface area contributed by atoms with Crippen molar-refractivity contribution in [2.24, 2.45) is 5.73 Å². The molecule has 3 N–H and O–H groups in total. The molecular weight excluding hydrogens is 355 g/mol. The van der Waals surface area contributed by atoms with Crippen molar-refractivity contribution < 1.29 is 4.79 Å². The van der Waals surface area contributed by atoms with Crippen LogP contribution in [-0.4, -0.2) is 18.5 Å². The first-order valence-corrected chi connectivity index (χ1v) is 9.34. The van der Waals surface area contributed by atoms with E-state index in [2.05, 4.69) is 24.4 Å². The lowest BCUT2D eigenvalue weighted by molar-refractivity contribution is -0.122. The van der Waals surface area contributed by atoms with Crippen molar-refractivity contribution in [3.05, 3.63) is 58.1 Å². The second-order valence-electron chi connectivity index (χ2n) is 6.12. The Bertz CT molecular complexity index is 701. The van der Waals surface area contributed by atoms with E-state index in [4.69, 9.17) is 28.9 Å². The SMILES string of the molecule is CCCCC(N)C(=O)NCCc1ccc(-c2ccc(Cl)c(Cl)c2)cc1. The first-order chi connectivity index (χ1) is 12.0. The van der Waals surface area contributed by atoms with Crippen molar-refractivity contribution in [3.8, 4) is 11.1 Å². The van der Waals surface area contributed by atoms with Gasteiger partial charge in [-0.15, -0.1) is 0 Å². The number of nitrogens with one attached hydrogen (secondary N) is 1. The molecule has 3 nitrogen and oxygen atoms in total. The van der Waals surface area contributed by atoms with E-state index in [1.165, 1.54) is 0 Å². The summed E-state index contributed by atoms with van der Waals surface area (Å²) in [5.41, 5.74) is 9.12.